The molecule has 5 heteroatoms. The lowest BCUT2D eigenvalue weighted by Gasteiger charge is -2.19. The second-order valence-corrected chi connectivity index (χ2v) is 5.23. The largest absolute Gasteiger partial charge is 0.504 e. The molecule has 1 aromatic rings. The minimum absolute atomic E-state index is 0.0107. The van der Waals surface area contributed by atoms with Crippen LogP contribution in [0, 0.1) is 6.92 Å². The third-order valence-corrected chi connectivity index (χ3v) is 3.42. The Hall–Kier alpha value is -1.59. The van der Waals surface area contributed by atoms with Crippen LogP contribution in [0.25, 0.3) is 0 Å². The van der Waals surface area contributed by atoms with Crippen LogP contribution in [-0.2, 0) is 4.79 Å². The number of nitrogens with two attached hydrogens (primary N) is 1. The number of benzene rings is 1. The third-order valence-electron chi connectivity index (χ3n) is 3.42. The Labute approximate surface area is 119 Å². The predicted octanol–water partition coefficient (Wildman–Crippen LogP) is 1.57. The van der Waals surface area contributed by atoms with Gasteiger partial charge in [-0.25, -0.2) is 0 Å². The van der Waals surface area contributed by atoms with Crippen LogP contribution < -0.4 is 5.73 Å². The van der Waals surface area contributed by atoms with Gasteiger partial charge in [-0.15, -0.1) is 0 Å². The highest BCUT2D eigenvalue weighted by atomic mass is 16.3. The van der Waals surface area contributed by atoms with Crippen LogP contribution >= 0.6 is 0 Å². The molecule has 0 fully saturated rings. The van der Waals surface area contributed by atoms with Crippen molar-refractivity contribution in [2.45, 2.75) is 45.1 Å². The zero-order chi connectivity index (χ0) is 15.3. The van der Waals surface area contributed by atoms with Crippen molar-refractivity contribution in [3.63, 3.8) is 0 Å². The Morgan fingerprint density at radius 3 is 2.55 bits per heavy atom. The van der Waals surface area contributed by atoms with Gasteiger partial charge in [-0.05, 0) is 38.4 Å². The maximum Gasteiger partial charge on any atom is 0.161 e. The Morgan fingerprint density at radius 2 is 2.00 bits per heavy atom. The lowest BCUT2D eigenvalue weighted by Crippen LogP contribution is -2.18. The fourth-order valence-corrected chi connectivity index (χ4v) is 2.26. The molecule has 0 heterocycles. The van der Waals surface area contributed by atoms with E-state index >= 15 is 0 Å². The molecule has 112 valence electrons. The Kier molecular flexibility index (Phi) is 5.98. The molecule has 0 radical (unpaired) electrons. The summed E-state index contributed by atoms with van der Waals surface area (Å²) in [6.45, 7) is 3.65. The van der Waals surface area contributed by atoms with Crippen molar-refractivity contribution in [3.8, 4) is 11.5 Å². The molecule has 0 bridgehead atoms. The molecule has 0 spiro atoms. The van der Waals surface area contributed by atoms with Gasteiger partial charge in [0.05, 0.1) is 6.10 Å². The van der Waals surface area contributed by atoms with E-state index < -0.39 is 6.10 Å². The highest BCUT2D eigenvalue weighted by Gasteiger charge is 2.21. The van der Waals surface area contributed by atoms with Gasteiger partial charge in [0.15, 0.2) is 11.5 Å². The van der Waals surface area contributed by atoms with Gasteiger partial charge in [0.1, 0.15) is 5.78 Å². The smallest absolute Gasteiger partial charge is 0.161 e. The van der Waals surface area contributed by atoms with Gasteiger partial charge in [0.2, 0.25) is 0 Å². The van der Waals surface area contributed by atoms with Crippen LogP contribution in [0.15, 0.2) is 12.1 Å². The summed E-state index contributed by atoms with van der Waals surface area (Å²) < 4.78 is 0. The predicted molar refractivity (Wildman–Crippen MR) is 76.8 cm³/mol. The first-order chi connectivity index (χ1) is 9.36. The minimum Gasteiger partial charge on any atom is -0.504 e. The quantitative estimate of drug-likeness (QED) is 0.568. The maximum atomic E-state index is 11.9. The first-order valence-corrected chi connectivity index (χ1v) is 6.78. The summed E-state index contributed by atoms with van der Waals surface area (Å²) in [5, 5.41) is 28.7. The highest BCUT2D eigenvalue weighted by molar-refractivity contribution is 5.79. The summed E-state index contributed by atoms with van der Waals surface area (Å²) in [5.41, 5.74) is 7.02. The van der Waals surface area contributed by atoms with Crippen molar-refractivity contribution in [1.82, 2.24) is 0 Å². The van der Waals surface area contributed by atoms with E-state index in [4.69, 9.17) is 5.73 Å². The van der Waals surface area contributed by atoms with Crippen LogP contribution in [-0.4, -0.2) is 33.8 Å². The lowest BCUT2D eigenvalue weighted by atomic mass is 9.88. The van der Waals surface area contributed by atoms with Gasteiger partial charge in [-0.3, -0.25) is 4.79 Å². The molecule has 0 saturated carbocycles. The molecule has 0 aliphatic heterocycles. The number of Topliss-reactive ketones (excluding diaryl/α,β-unsaturated/α-hetero) is 1. The van der Waals surface area contributed by atoms with Crippen LogP contribution in [0.3, 0.4) is 0 Å². The van der Waals surface area contributed by atoms with Crippen molar-refractivity contribution < 1.29 is 20.1 Å². The summed E-state index contributed by atoms with van der Waals surface area (Å²) in [5.74, 6) is -0.753. The second-order valence-electron chi connectivity index (χ2n) is 5.23. The van der Waals surface area contributed by atoms with E-state index in [1.807, 2.05) is 0 Å². The Bertz CT molecular complexity index is 471. The molecule has 0 aliphatic carbocycles. The number of carbonyl (C=O) groups is 1. The van der Waals surface area contributed by atoms with Crippen molar-refractivity contribution >= 4 is 5.78 Å². The van der Waals surface area contributed by atoms with Crippen molar-refractivity contribution in [2.75, 3.05) is 6.54 Å². The first-order valence-electron chi connectivity index (χ1n) is 6.78. The number of phenols is 2. The zero-order valence-electron chi connectivity index (χ0n) is 12.0. The zero-order valence-corrected chi connectivity index (χ0v) is 12.0. The van der Waals surface area contributed by atoms with Crippen molar-refractivity contribution in [3.05, 3.63) is 23.3 Å². The molecular formula is C15H23NO4. The molecule has 5 N–H and O–H groups in total. The molecule has 0 aromatic heterocycles. The number of aryl methyl sites for hydroxylation is 1. The summed E-state index contributed by atoms with van der Waals surface area (Å²) in [7, 11) is 0. The normalized spacial score (nSPS) is 14.0. The van der Waals surface area contributed by atoms with Gasteiger partial charge in [-0.1, -0.05) is 6.07 Å². The standard InChI is InChI=1S/C15H23NO4/c1-9-3-6-13(19)15(20)14(9)11(8-16)7-12(18)5-4-10(2)17/h3,6,10-11,17,19-20H,4-5,7-8,16H2,1-2H3. The lowest BCUT2D eigenvalue weighted by molar-refractivity contribution is -0.119. The number of hydrogen-bond acceptors (Lipinski definition) is 5. The monoisotopic (exact) mass is 281 g/mol. The molecular weight excluding hydrogens is 258 g/mol. The number of aliphatic hydroxyl groups excluding tert-OH is 1. The van der Waals surface area contributed by atoms with Crippen LogP contribution in [0.1, 0.15) is 43.2 Å². The van der Waals surface area contributed by atoms with E-state index in [0.29, 0.717) is 12.0 Å². The first kappa shape index (κ1) is 16.5. The van der Waals surface area contributed by atoms with E-state index in [0.717, 1.165) is 5.56 Å². The van der Waals surface area contributed by atoms with E-state index in [1.54, 1.807) is 19.9 Å². The molecule has 0 amide bonds. The fourth-order valence-electron chi connectivity index (χ4n) is 2.26. The van der Waals surface area contributed by atoms with Gasteiger partial charge in [0, 0.05) is 24.3 Å². The average Bonchev–Trinajstić information content (AvgIpc) is 2.39. The molecule has 2 atom stereocenters. The number of rotatable bonds is 7. The number of hydrogen-bond donors (Lipinski definition) is 4. The van der Waals surface area contributed by atoms with Gasteiger partial charge < -0.3 is 21.1 Å². The van der Waals surface area contributed by atoms with E-state index in [2.05, 4.69) is 0 Å². The number of phenolic OH excluding ortho intramolecular Hbond substituents is 2. The summed E-state index contributed by atoms with van der Waals surface area (Å²) in [4.78, 5) is 11.9. The third kappa shape index (κ3) is 4.21. The Morgan fingerprint density at radius 1 is 1.35 bits per heavy atom. The molecule has 0 aliphatic rings. The molecule has 1 rings (SSSR count). The van der Waals surface area contributed by atoms with Crippen molar-refractivity contribution in [1.29, 1.82) is 0 Å². The minimum atomic E-state index is -0.508. The molecule has 2 unspecified atom stereocenters. The number of carbonyl (C=O) groups excluding carboxylic acids is 1. The summed E-state index contributed by atoms with van der Waals surface area (Å²) in [6.07, 6.45) is 0.390. The van der Waals surface area contributed by atoms with Crippen molar-refractivity contribution in [2.24, 2.45) is 5.73 Å². The SMILES string of the molecule is Cc1ccc(O)c(O)c1C(CN)CC(=O)CCC(C)O. The molecule has 20 heavy (non-hydrogen) atoms. The van der Waals surface area contributed by atoms with E-state index in [1.165, 1.54) is 6.07 Å². The number of ketones is 1. The maximum absolute atomic E-state index is 11.9. The molecule has 5 nitrogen and oxygen atoms in total. The topological polar surface area (TPSA) is 104 Å². The number of aromatic hydroxyl groups is 2. The molecule has 1 aromatic carbocycles. The van der Waals surface area contributed by atoms with Crippen LogP contribution in [0.5, 0.6) is 11.5 Å². The average molecular weight is 281 g/mol. The van der Waals surface area contributed by atoms with E-state index in [-0.39, 0.29) is 42.6 Å². The van der Waals surface area contributed by atoms with E-state index in [9.17, 15) is 20.1 Å². The van der Waals surface area contributed by atoms with Gasteiger partial charge in [-0.2, -0.15) is 0 Å². The highest BCUT2D eigenvalue weighted by Crippen LogP contribution is 2.37. The number of aliphatic hydroxyl groups is 1. The summed E-state index contributed by atoms with van der Waals surface area (Å²) >= 11 is 0. The second kappa shape index (κ2) is 7.26. The van der Waals surface area contributed by atoms with Gasteiger partial charge >= 0.3 is 0 Å². The summed E-state index contributed by atoms with van der Waals surface area (Å²) in [6, 6.07) is 3.10. The molecule has 0 saturated heterocycles. The van der Waals surface area contributed by atoms with Crippen LogP contribution in [0.2, 0.25) is 0 Å². The Balaban J connectivity index is 2.86. The van der Waals surface area contributed by atoms with Crippen LogP contribution in [0.4, 0.5) is 0 Å². The fraction of sp³-hybridized carbons (Fsp3) is 0.533. The van der Waals surface area contributed by atoms with Gasteiger partial charge in [0.25, 0.3) is 0 Å².